The fourth-order valence-electron chi connectivity index (χ4n) is 3.78. The Morgan fingerprint density at radius 1 is 1.45 bits per heavy atom. The van der Waals surface area contributed by atoms with Crippen molar-refractivity contribution in [2.45, 2.75) is 19.3 Å². The van der Waals surface area contributed by atoms with Gasteiger partial charge in [0.1, 0.15) is 0 Å². The molecule has 1 N–H and O–H groups in total. The average Bonchev–Trinajstić information content (AvgIpc) is 3.04. The number of likely N-dealkylation sites (tertiary alicyclic amines) is 1. The second-order valence-electron chi connectivity index (χ2n) is 6.09. The van der Waals surface area contributed by atoms with Gasteiger partial charge in [0.25, 0.3) is 5.91 Å². The van der Waals surface area contributed by atoms with E-state index in [4.69, 9.17) is 4.74 Å². The Labute approximate surface area is 127 Å². The van der Waals surface area contributed by atoms with Crippen molar-refractivity contribution in [2.75, 3.05) is 20.2 Å². The number of carboxylic acid groups (broad SMARTS) is 1. The van der Waals surface area contributed by atoms with E-state index in [9.17, 15) is 19.1 Å². The van der Waals surface area contributed by atoms with Gasteiger partial charge in [0.05, 0.1) is 12.5 Å². The summed E-state index contributed by atoms with van der Waals surface area (Å²) in [6, 6.07) is 4.06. The van der Waals surface area contributed by atoms with Crippen LogP contribution < -0.4 is 4.74 Å². The first kappa shape index (κ1) is 14.8. The van der Waals surface area contributed by atoms with Gasteiger partial charge in [0, 0.05) is 18.7 Å². The Bertz CT molecular complexity index is 633. The second kappa shape index (κ2) is 5.26. The zero-order valence-electron chi connectivity index (χ0n) is 12.3. The average molecular weight is 307 g/mol. The van der Waals surface area contributed by atoms with Gasteiger partial charge in [0.15, 0.2) is 11.6 Å². The summed E-state index contributed by atoms with van der Waals surface area (Å²) in [7, 11) is 1.36. The number of amides is 1. The topological polar surface area (TPSA) is 66.8 Å². The highest BCUT2D eigenvalue weighted by molar-refractivity contribution is 5.95. The molecule has 3 rings (SSSR count). The molecule has 0 radical (unpaired) electrons. The molecule has 118 valence electrons. The maximum Gasteiger partial charge on any atom is 0.311 e. The van der Waals surface area contributed by atoms with Crippen LogP contribution in [-0.2, 0) is 4.79 Å². The van der Waals surface area contributed by atoms with Crippen LogP contribution in [0.15, 0.2) is 18.2 Å². The second-order valence-corrected chi connectivity index (χ2v) is 6.09. The molecule has 1 aromatic rings. The quantitative estimate of drug-likeness (QED) is 0.929. The lowest BCUT2D eigenvalue weighted by molar-refractivity contribution is -0.149. The van der Waals surface area contributed by atoms with Crippen LogP contribution >= 0.6 is 0 Å². The Morgan fingerprint density at radius 2 is 2.23 bits per heavy atom. The van der Waals surface area contributed by atoms with E-state index < -0.39 is 17.2 Å². The minimum atomic E-state index is -0.828. The number of halogens is 1. The van der Waals surface area contributed by atoms with Gasteiger partial charge in [-0.1, -0.05) is 6.42 Å². The van der Waals surface area contributed by atoms with Gasteiger partial charge in [0.2, 0.25) is 0 Å². The van der Waals surface area contributed by atoms with Crippen LogP contribution in [0.3, 0.4) is 0 Å². The van der Waals surface area contributed by atoms with Crippen molar-refractivity contribution in [3.05, 3.63) is 29.6 Å². The van der Waals surface area contributed by atoms with E-state index in [1.807, 2.05) is 0 Å². The molecule has 22 heavy (non-hydrogen) atoms. The normalized spacial score (nSPS) is 26.8. The van der Waals surface area contributed by atoms with Crippen molar-refractivity contribution < 1.29 is 23.8 Å². The van der Waals surface area contributed by atoms with Gasteiger partial charge in [-0.05, 0) is 37.0 Å². The molecule has 6 heteroatoms. The monoisotopic (exact) mass is 307 g/mol. The summed E-state index contributed by atoms with van der Waals surface area (Å²) in [6.45, 7) is 0.637. The first-order chi connectivity index (χ1) is 10.5. The molecule has 1 aliphatic carbocycles. The highest BCUT2D eigenvalue weighted by Gasteiger charge is 2.55. The summed E-state index contributed by atoms with van der Waals surface area (Å²) in [5.74, 6) is -1.67. The fourth-order valence-corrected chi connectivity index (χ4v) is 3.78. The maximum atomic E-state index is 13.7. The Morgan fingerprint density at radius 3 is 2.82 bits per heavy atom. The van der Waals surface area contributed by atoms with Crippen LogP contribution in [0.1, 0.15) is 29.6 Å². The van der Waals surface area contributed by atoms with E-state index >= 15 is 0 Å². The van der Waals surface area contributed by atoms with E-state index in [1.165, 1.54) is 19.2 Å². The molecular weight excluding hydrogens is 289 g/mol. The number of rotatable bonds is 3. The van der Waals surface area contributed by atoms with Crippen molar-refractivity contribution in [3.8, 4) is 5.75 Å². The molecule has 2 fully saturated rings. The van der Waals surface area contributed by atoms with Crippen LogP contribution in [0.4, 0.5) is 4.39 Å². The van der Waals surface area contributed by atoms with E-state index in [1.54, 1.807) is 4.90 Å². The zero-order valence-corrected chi connectivity index (χ0v) is 12.3. The molecule has 5 nitrogen and oxygen atoms in total. The maximum absolute atomic E-state index is 13.7. The van der Waals surface area contributed by atoms with Crippen molar-refractivity contribution in [1.29, 1.82) is 0 Å². The molecule has 2 aliphatic rings. The lowest BCUT2D eigenvalue weighted by Crippen LogP contribution is -2.37. The standard InChI is InChI=1S/C16H18FNO4/c1-22-13-5-4-10(7-12(13)17)14(19)18-8-11-3-2-6-16(11,9-18)15(20)21/h4-5,7,11H,2-3,6,8-9H2,1H3,(H,20,21)/t11-,16+/m0/s1. The third kappa shape index (κ3) is 2.14. The molecule has 0 bridgehead atoms. The number of carbonyl (C=O) groups excluding carboxylic acids is 1. The van der Waals surface area contributed by atoms with Crippen molar-refractivity contribution in [1.82, 2.24) is 4.90 Å². The van der Waals surface area contributed by atoms with E-state index in [0.717, 1.165) is 18.9 Å². The van der Waals surface area contributed by atoms with Crippen molar-refractivity contribution in [2.24, 2.45) is 11.3 Å². The van der Waals surface area contributed by atoms with Gasteiger partial charge in [-0.25, -0.2) is 4.39 Å². The van der Waals surface area contributed by atoms with Gasteiger partial charge < -0.3 is 14.7 Å². The lowest BCUT2D eigenvalue weighted by atomic mass is 9.81. The largest absolute Gasteiger partial charge is 0.494 e. The number of aliphatic carboxylic acids is 1. The minimum Gasteiger partial charge on any atom is -0.494 e. The number of hydrogen-bond donors (Lipinski definition) is 1. The van der Waals surface area contributed by atoms with Gasteiger partial charge >= 0.3 is 5.97 Å². The lowest BCUT2D eigenvalue weighted by Gasteiger charge is -2.23. The number of fused-ring (bicyclic) bond motifs is 1. The van der Waals surface area contributed by atoms with Gasteiger partial charge in [-0.15, -0.1) is 0 Å². The number of carbonyl (C=O) groups is 2. The molecule has 1 aromatic carbocycles. The molecule has 1 aliphatic heterocycles. The van der Waals surface area contributed by atoms with E-state index in [-0.39, 0.29) is 29.7 Å². The summed E-state index contributed by atoms with van der Waals surface area (Å²) in [5, 5.41) is 9.54. The number of carboxylic acids is 1. The number of nitrogens with zero attached hydrogens (tertiary/aromatic N) is 1. The first-order valence-corrected chi connectivity index (χ1v) is 7.34. The van der Waals surface area contributed by atoms with Gasteiger partial charge in [-0.3, -0.25) is 9.59 Å². The van der Waals surface area contributed by atoms with Crippen LogP contribution in [0.25, 0.3) is 0 Å². The smallest absolute Gasteiger partial charge is 0.311 e. The molecular formula is C16H18FNO4. The van der Waals surface area contributed by atoms with E-state index in [0.29, 0.717) is 13.0 Å². The summed E-state index contributed by atoms with van der Waals surface area (Å²) in [5.41, 5.74) is -0.598. The number of methoxy groups -OCH3 is 1. The minimum absolute atomic E-state index is 0.00274. The number of hydrogen-bond acceptors (Lipinski definition) is 3. The third-order valence-electron chi connectivity index (χ3n) is 4.98. The highest BCUT2D eigenvalue weighted by Crippen LogP contribution is 2.49. The van der Waals surface area contributed by atoms with Crippen LogP contribution in [0, 0.1) is 17.2 Å². The van der Waals surface area contributed by atoms with E-state index in [2.05, 4.69) is 0 Å². The summed E-state index contributed by atoms with van der Waals surface area (Å²) >= 11 is 0. The molecule has 1 saturated carbocycles. The van der Waals surface area contributed by atoms with Crippen LogP contribution in [0.2, 0.25) is 0 Å². The summed E-state index contributed by atoms with van der Waals surface area (Å²) in [6.07, 6.45) is 2.32. The van der Waals surface area contributed by atoms with Gasteiger partial charge in [-0.2, -0.15) is 0 Å². The predicted molar refractivity (Wildman–Crippen MR) is 76.3 cm³/mol. The molecule has 2 atom stereocenters. The molecule has 1 amide bonds. The molecule has 0 aromatic heterocycles. The summed E-state index contributed by atoms with van der Waals surface area (Å²) < 4.78 is 18.6. The van der Waals surface area contributed by atoms with Crippen LogP contribution in [0.5, 0.6) is 5.75 Å². The third-order valence-corrected chi connectivity index (χ3v) is 4.98. The molecule has 1 saturated heterocycles. The molecule has 0 spiro atoms. The highest BCUT2D eigenvalue weighted by atomic mass is 19.1. The molecule has 1 heterocycles. The SMILES string of the molecule is COc1ccc(C(=O)N2C[C@@H]3CCC[C@@]3(C(=O)O)C2)cc1F. The summed E-state index contributed by atoms with van der Waals surface area (Å²) in [4.78, 5) is 25.7. The van der Waals surface area contributed by atoms with Crippen LogP contribution in [-0.4, -0.2) is 42.1 Å². The fraction of sp³-hybridized carbons (Fsp3) is 0.500. The Balaban J connectivity index is 1.82. The Hall–Kier alpha value is -2.11. The zero-order chi connectivity index (χ0) is 15.9. The number of ether oxygens (including phenoxy) is 1. The number of benzene rings is 1. The van der Waals surface area contributed by atoms with Crippen molar-refractivity contribution in [3.63, 3.8) is 0 Å². The Kier molecular flexibility index (Phi) is 3.54. The first-order valence-electron chi connectivity index (χ1n) is 7.34. The molecule has 0 unspecified atom stereocenters. The predicted octanol–water partition coefficient (Wildman–Crippen LogP) is 2.16. The van der Waals surface area contributed by atoms with Crippen molar-refractivity contribution >= 4 is 11.9 Å².